The molecule has 4 nitrogen and oxygen atoms in total. The van der Waals surface area contributed by atoms with Crippen LogP contribution >= 0.6 is 0 Å². The van der Waals surface area contributed by atoms with E-state index in [4.69, 9.17) is 0 Å². The first-order valence-corrected chi connectivity index (χ1v) is 6.90. The van der Waals surface area contributed by atoms with E-state index in [1.807, 2.05) is 27.7 Å². The summed E-state index contributed by atoms with van der Waals surface area (Å²) in [4.78, 5) is 22.6. The molecule has 0 fully saturated rings. The van der Waals surface area contributed by atoms with E-state index in [9.17, 15) is 14.9 Å². The van der Waals surface area contributed by atoms with Crippen LogP contribution in [0.5, 0.6) is 0 Å². The summed E-state index contributed by atoms with van der Waals surface area (Å²) in [5, 5.41) is 10.8. The molecule has 1 rings (SSSR count). The minimum Gasteiger partial charge on any atom is -0.294 e. The highest BCUT2D eigenvalue weighted by Crippen LogP contribution is 2.22. The van der Waals surface area contributed by atoms with Crippen molar-refractivity contribution in [2.24, 2.45) is 5.92 Å². The third-order valence-electron chi connectivity index (χ3n) is 3.56. The van der Waals surface area contributed by atoms with Crippen LogP contribution in [0, 0.1) is 23.0 Å². The van der Waals surface area contributed by atoms with E-state index in [1.54, 1.807) is 12.1 Å². The standard InChI is InChI=1S/C16H21NO3/c1-5-11(3)16(18)13(6-2)9-14-10-15(17(19)20)8-7-12(14)4/h7-11H,5-6H2,1-4H3/b13-9+. The Labute approximate surface area is 119 Å². The van der Waals surface area contributed by atoms with Crippen molar-refractivity contribution in [2.75, 3.05) is 0 Å². The predicted octanol–water partition coefficient (Wildman–Crippen LogP) is 4.31. The molecule has 0 radical (unpaired) electrons. The normalized spacial score (nSPS) is 13.1. The lowest BCUT2D eigenvalue weighted by atomic mass is 9.93. The van der Waals surface area contributed by atoms with Gasteiger partial charge in [0, 0.05) is 18.1 Å². The Balaban J connectivity index is 3.21. The molecular formula is C16H21NO3. The Bertz CT molecular complexity index is 547. The van der Waals surface area contributed by atoms with Crippen molar-refractivity contribution in [1.29, 1.82) is 0 Å². The molecule has 1 atom stereocenters. The van der Waals surface area contributed by atoms with Crippen LogP contribution < -0.4 is 0 Å². The van der Waals surface area contributed by atoms with Crippen LogP contribution in [0.15, 0.2) is 23.8 Å². The first-order chi connectivity index (χ1) is 9.40. The molecule has 0 amide bonds. The van der Waals surface area contributed by atoms with E-state index >= 15 is 0 Å². The first-order valence-electron chi connectivity index (χ1n) is 6.90. The van der Waals surface area contributed by atoms with Crippen molar-refractivity contribution in [3.63, 3.8) is 0 Å². The van der Waals surface area contributed by atoms with Crippen LogP contribution in [0.25, 0.3) is 6.08 Å². The quantitative estimate of drug-likeness (QED) is 0.441. The van der Waals surface area contributed by atoms with Crippen molar-refractivity contribution in [2.45, 2.75) is 40.5 Å². The summed E-state index contributed by atoms with van der Waals surface area (Å²) in [6.45, 7) is 7.70. The number of hydrogen-bond acceptors (Lipinski definition) is 3. The van der Waals surface area contributed by atoms with Gasteiger partial charge in [0.05, 0.1) is 4.92 Å². The number of ketones is 1. The average Bonchev–Trinajstić information content (AvgIpc) is 2.44. The molecular weight excluding hydrogens is 254 g/mol. The molecule has 1 unspecified atom stereocenters. The summed E-state index contributed by atoms with van der Waals surface area (Å²) in [5.41, 5.74) is 2.45. The molecule has 1 aromatic carbocycles. The van der Waals surface area contributed by atoms with Crippen molar-refractivity contribution in [3.05, 3.63) is 45.0 Å². The second-order valence-corrected chi connectivity index (χ2v) is 4.99. The van der Waals surface area contributed by atoms with Gasteiger partial charge in [-0.05, 0) is 42.5 Å². The molecule has 0 N–H and O–H groups in total. The van der Waals surface area contributed by atoms with E-state index in [0.717, 1.165) is 23.1 Å². The number of benzene rings is 1. The van der Waals surface area contributed by atoms with E-state index in [1.165, 1.54) is 12.1 Å². The van der Waals surface area contributed by atoms with E-state index in [0.29, 0.717) is 6.42 Å². The summed E-state index contributed by atoms with van der Waals surface area (Å²) < 4.78 is 0. The molecule has 0 aliphatic rings. The van der Waals surface area contributed by atoms with Crippen LogP contribution in [0.1, 0.15) is 44.7 Å². The van der Waals surface area contributed by atoms with Gasteiger partial charge in [-0.15, -0.1) is 0 Å². The van der Waals surface area contributed by atoms with E-state index < -0.39 is 4.92 Å². The Morgan fingerprint density at radius 1 is 1.40 bits per heavy atom. The topological polar surface area (TPSA) is 60.2 Å². The molecule has 0 saturated heterocycles. The van der Waals surface area contributed by atoms with Gasteiger partial charge < -0.3 is 0 Å². The van der Waals surface area contributed by atoms with Gasteiger partial charge in [0.1, 0.15) is 0 Å². The Morgan fingerprint density at radius 2 is 2.05 bits per heavy atom. The highest BCUT2D eigenvalue weighted by atomic mass is 16.6. The SMILES string of the molecule is CC/C(=C\c1cc([N+](=O)[O-])ccc1C)C(=O)C(C)CC. The fourth-order valence-electron chi connectivity index (χ4n) is 1.93. The van der Waals surface area contributed by atoms with Gasteiger partial charge in [-0.1, -0.05) is 26.8 Å². The summed E-state index contributed by atoms with van der Waals surface area (Å²) in [6, 6.07) is 4.72. The fraction of sp³-hybridized carbons (Fsp3) is 0.438. The largest absolute Gasteiger partial charge is 0.294 e. The lowest BCUT2D eigenvalue weighted by molar-refractivity contribution is -0.384. The predicted molar refractivity (Wildman–Crippen MR) is 80.6 cm³/mol. The fourth-order valence-corrected chi connectivity index (χ4v) is 1.93. The lowest BCUT2D eigenvalue weighted by Crippen LogP contribution is -2.12. The van der Waals surface area contributed by atoms with Gasteiger partial charge in [0.2, 0.25) is 0 Å². The zero-order valence-electron chi connectivity index (χ0n) is 12.5. The molecule has 1 aromatic rings. The van der Waals surface area contributed by atoms with Gasteiger partial charge in [0.25, 0.3) is 5.69 Å². The van der Waals surface area contributed by atoms with Gasteiger partial charge in [-0.3, -0.25) is 14.9 Å². The molecule has 108 valence electrons. The molecule has 0 spiro atoms. The van der Waals surface area contributed by atoms with Crippen molar-refractivity contribution in [1.82, 2.24) is 0 Å². The highest BCUT2D eigenvalue weighted by Gasteiger charge is 2.15. The molecule has 0 saturated carbocycles. The van der Waals surface area contributed by atoms with Crippen LogP contribution in [-0.2, 0) is 4.79 Å². The third-order valence-corrected chi connectivity index (χ3v) is 3.56. The maximum absolute atomic E-state index is 12.2. The molecule has 0 aliphatic carbocycles. The molecule has 0 aromatic heterocycles. The number of nitro benzene ring substituents is 1. The second-order valence-electron chi connectivity index (χ2n) is 4.99. The van der Waals surface area contributed by atoms with Crippen molar-refractivity contribution in [3.8, 4) is 0 Å². The summed E-state index contributed by atoms with van der Waals surface area (Å²) in [5.74, 6) is 0.112. The Hall–Kier alpha value is -1.97. The van der Waals surface area contributed by atoms with Crippen LogP contribution in [0.2, 0.25) is 0 Å². The molecule has 0 bridgehead atoms. The van der Waals surface area contributed by atoms with Gasteiger partial charge in [-0.2, -0.15) is 0 Å². The maximum atomic E-state index is 12.2. The average molecular weight is 275 g/mol. The third kappa shape index (κ3) is 3.76. The van der Waals surface area contributed by atoms with Gasteiger partial charge >= 0.3 is 0 Å². The van der Waals surface area contributed by atoms with Crippen LogP contribution in [0.3, 0.4) is 0 Å². The van der Waals surface area contributed by atoms with Gasteiger partial charge in [-0.25, -0.2) is 0 Å². The Morgan fingerprint density at radius 3 is 2.55 bits per heavy atom. The monoisotopic (exact) mass is 275 g/mol. The van der Waals surface area contributed by atoms with Crippen molar-refractivity contribution >= 4 is 17.5 Å². The zero-order chi connectivity index (χ0) is 15.3. The van der Waals surface area contributed by atoms with E-state index in [-0.39, 0.29) is 17.4 Å². The number of rotatable bonds is 6. The van der Waals surface area contributed by atoms with Gasteiger partial charge in [0.15, 0.2) is 5.78 Å². The number of non-ortho nitro benzene ring substituents is 1. The smallest absolute Gasteiger partial charge is 0.270 e. The number of nitro groups is 1. The number of allylic oxidation sites excluding steroid dienone is 1. The molecule has 4 heteroatoms. The molecule has 20 heavy (non-hydrogen) atoms. The number of carbonyl (C=O) groups excluding carboxylic acids is 1. The Kier molecular flexibility index (Phi) is 5.62. The summed E-state index contributed by atoms with van der Waals surface area (Å²) >= 11 is 0. The minimum atomic E-state index is -0.418. The maximum Gasteiger partial charge on any atom is 0.270 e. The summed E-state index contributed by atoms with van der Waals surface area (Å²) in [6.07, 6.45) is 3.21. The summed E-state index contributed by atoms with van der Waals surface area (Å²) in [7, 11) is 0. The van der Waals surface area contributed by atoms with Crippen molar-refractivity contribution < 1.29 is 9.72 Å². The van der Waals surface area contributed by atoms with Crippen LogP contribution in [0.4, 0.5) is 5.69 Å². The number of nitrogens with zero attached hydrogens (tertiary/aromatic N) is 1. The first kappa shape index (κ1) is 16.1. The minimum absolute atomic E-state index is 0.0137. The zero-order valence-corrected chi connectivity index (χ0v) is 12.5. The number of aryl methyl sites for hydroxylation is 1. The molecule has 0 heterocycles. The number of carbonyl (C=O) groups is 1. The number of Topliss-reactive ketones (excluding diaryl/α,β-unsaturated/α-hetero) is 1. The highest BCUT2D eigenvalue weighted by molar-refractivity contribution is 6.00. The van der Waals surface area contributed by atoms with E-state index in [2.05, 4.69) is 0 Å². The molecule has 0 aliphatic heterocycles. The number of hydrogen-bond donors (Lipinski definition) is 0. The second kappa shape index (κ2) is 6.98. The van der Waals surface area contributed by atoms with Crippen LogP contribution in [-0.4, -0.2) is 10.7 Å². The lowest BCUT2D eigenvalue weighted by Gasteiger charge is -2.10.